The predicted molar refractivity (Wildman–Crippen MR) is 103 cm³/mol. The molecule has 3 heterocycles. The number of nitrogens with zero attached hydrogens (tertiary/aromatic N) is 5. The number of hydrogen-bond donors (Lipinski definition) is 3. The van der Waals surface area contributed by atoms with Gasteiger partial charge >= 0.3 is 0 Å². The first-order chi connectivity index (χ1) is 14.5. The van der Waals surface area contributed by atoms with Gasteiger partial charge in [-0.05, 0) is 17.7 Å². The zero-order valence-electron chi connectivity index (χ0n) is 16.0. The number of amides is 1. The molecule has 0 fully saturated rings. The van der Waals surface area contributed by atoms with E-state index in [1.165, 1.54) is 16.7 Å². The van der Waals surface area contributed by atoms with Crippen LogP contribution in [0.3, 0.4) is 0 Å². The Morgan fingerprint density at radius 2 is 2.07 bits per heavy atom. The number of hydrogen-bond acceptors (Lipinski definition) is 7. The molecule has 0 radical (unpaired) electrons. The molecule has 0 bridgehead atoms. The van der Waals surface area contributed by atoms with Crippen LogP contribution in [0.2, 0.25) is 0 Å². The van der Waals surface area contributed by atoms with Gasteiger partial charge in [-0.3, -0.25) is 19.1 Å². The van der Waals surface area contributed by atoms with E-state index in [9.17, 15) is 19.1 Å². The van der Waals surface area contributed by atoms with E-state index in [2.05, 4.69) is 30.6 Å². The molecule has 1 aromatic carbocycles. The minimum atomic E-state index is -0.553. The molecule has 3 N–H and O–H groups in total. The van der Waals surface area contributed by atoms with Crippen LogP contribution in [0.5, 0.6) is 5.75 Å². The van der Waals surface area contributed by atoms with Crippen molar-refractivity contribution in [3.8, 4) is 5.75 Å². The summed E-state index contributed by atoms with van der Waals surface area (Å²) in [7, 11) is 0. The number of H-pyrrole nitrogens is 1. The highest BCUT2D eigenvalue weighted by Gasteiger charge is 2.23. The van der Waals surface area contributed by atoms with Crippen LogP contribution in [-0.4, -0.2) is 47.4 Å². The maximum absolute atomic E-state index is 13.0. The Bertz CT molecular complexity index is 1100. The molecule has 1 amide bonds. The highest BCUT2D eigenvalue weighted by Crippen LogP contribution is 2.16. The second-order valence-electron chi connectivity index (χ2n) is 7.03. The third-order valence-electron chi connectivity index (χ3n) is 4.88. The maximum atomic E-state index is 13.0. The van der Waals surface area contributed by atoms with E-state index < -0.39 is 17.2 Å². The second kappa shape index (κ2) is 8.41. The summed E-state index contributed by atoms with van der Waals surface area (Å²) in [5.41, 5.74) is 0.981. The monoisotopic (exact) mass is 413 g/mol. The average Bonchev–Trinajstić information content (AvgIpc) is 3.24. The lowest BCUT2D eigenvalue weighted by Gasteiger charge is -2.28. The van der Waals surface area contributed by atoms with Crippen molar-refractivity contribution < 1.29 is 14.3 Å². The minimum Gasteiger partial charge on any atom is -0.502 e. The first-order valence-corrected chi connectivity index (χ1v) is 9.39. The molecule has 0 aliphatic carbocycles. The molecular weight excluding hydrogens is 393 g/mol. The van der Waals surface area contributed by atoms with E-state index in [-0.39, 0.29) is 24.5 Å². The Morgan fingerprint density at radius 1 is 1.27 bits per heavy atom. The fourth-order valence-corrected chi connectivity index (χ4v) is 3.32. The van der Waals surface area contributed by atoms with Crippen LogP contribution in [-0.2, 0) is 37.4 Å². The zero-order valence-corrected chi connectivity index (χ0v) is 16.0. The summed E-state index contributed by atoms with van der Waals surface area (Å²) in [4.78, 5) is 31.2. The number of halogens is 1. The number of benzene rings is 1. The van der Waals surface area contributed by atoms with Gasteiger partial charge < -0.3 is 10.4 Å². The third-order valence-corrected chi connectivity index (χ3v) is 4.88. The molecule has 30 heavy (non-hydrogen) atoms. The number of aromatic hydroxyl groups is 1. The topological polar surface area (TPSA) is 129 Å². The Balaban J connectivity index is 1.44. The lowest BCUT2D eigenvalue weighted by Crippen LogP contribution is -2.40. The summed E-state index contributed by atoms with van der Waals surface area (Å²) in [5, 5.41) is 23.3. The van der Waals surface area contributed by atoms with E-state index in [0.717, 1.165) is 11.3 Å². The standard InChI is InChI=1S/C19H20FN7O3/c20-13-3-1-12(2-4-13)8-21-17(28)7-15-18(29)19(30)27-6-5-26(11-16(27)23-15)10-14-9-22-25-24-14/h1-4,9,29H,5-8,10-11H2,(H,21,28)(H,22,24,25). The quantitative estimate of drug-likeness (QED) is 0.522. The number of aromatic amines is 1. The highest BCUT2D eigenvalue weighted by molar-refractivity contribution is 5.78. The van der Waals surface area contributed by atoms with Gasteiger partial charge in [-0.15, -0.1) is 0 Å². The number of nitrogens with one attached hydrogen (secondary N) is 2. The van der Waals surface area contributed by atoms with Crippen molar-refractivity contribution in [3.63, 3.8) is 0 Å². The summed E-state index contributed by atoms with van der Waals surface area (Å²) in [5.74, 6) is -0.789. The first kappa shape index (κ1) is 19.7. The van der Waals surface area contributed by atoms with Gasteiger partial charge in [-0.2, -0.15) is 15.4 Å². The van der Waals surface area contributed by atoms with Gasteiger partial charge in [0.2, 0.25) is 11.7 Å². The largest absolute Gasteiger partial charge is 0.502 e. The van der Waals surface area contributed by atoms with Crippen LogP contribution in [0.25, 0.3) is 0 Å². The number of fused-ring (bicyclic) bond motifs is 1. The molecule has 0 spiro atoms. The van der Waals surface area contributed by atoms with Gasteiger partial charge in [0, 0.05) is 26.2 Å². The van der Waals surface area contributed by atoms with Crippen LogP contribution < -0.4 is 10.9 Å². The number of aromatic nitrogens is 5. The normalized spacial score (nSPS) is 13.8. The average molecular weight is 413 g/mol. The third kappa shape index (κ3) is 4.35. The molecule has 4 rings (SSSR count). The molecule has 156 valence electrons. The van der Waals surface area contributed by atoms with Crippen molar-refractivity contribution in [1.82, 2.24) is 35.2 Å². The second-order valence-corrected chi connectivity index (χ2v) is 7.03. The lowest BCUT2D eigenvalue weighted by molar-refractivity contribution is -0.120. The van der Waals surface area contributed by atoms with Crippen molar-refractivity contribution in [2.75, 3.05) is 6.54 Å². The van der Waals surface area contributed by atoms with E-state index in [4.69, 9.17) is 0 Å². The Labute approximate surface area is 170 Å². The highest BCUT2D eigenvalue weighted by atomic mass is 19.1. The van der Waals surface area contributed by atoms with Crippen LogP contribution in [0.4, 0.5) is 4.39 Å². The van der Waals surface area contributed by atoms with Gasteiger partial charge in [0.05, 0.1) is 30.6 Å². The van der Waals surface area contributed by atoms with Crippen LogP contribution >= 0.6 is 0 Å². The summed E-state index contributed by atoms with van der Waals surface area (Å²) < 4.78 is 14.4. The van der Waals surface area contributed by atoms with Gasteiger partial charge in [0.25, 0.3) is 5.56 Å². The molecule has 10 nitrogen and oxygen atoms in total. The van der Waals surface area contributed by atoms with Crippen molar-refractivity contribution in [2.24, 2.45) is 0 Å². The van der Waals surface area contributed by atoms with Crippen molar-refractivity contribution in [2.45, 2.75) is 32.6 Å². The van der Waals surface area contributed by atoms with Crippen molar-refractivity contribution in [3.05, 3.63) is 69.4 Å². The smallest absolute Gasteiger partial charge is 0.296 e. The molecule has 0 unspecified atom stereocenters. The fraction of sp³-hybridized carbons (Fsp3) is 0.316. The Morgan fingerprint density at radius 3 is 2.80 bits per heavy atom. The summed E-state index contributed by atoms with van der Waals surface area (Å²) in [6, 6.07) is 5.76. The van der Waals surface area contributed by atoms with Gasteiger partial charge in [0.1, 0.15) is 11.6 Å². The van der Waals surface area contributed by atoms with E-state index in [0.29, 0.717) is 32.0 Å². The van der Waals surface area contributed by atoms with E-state index in [1.807, 2.05) is 0 Å². The molecular formula is C19H20FN7O3. The van der Waals surface area contributed by atoms with Crippen LogP contribution in [0, 0.1) is 5.82 Å². The van der Waals surface area contributed by atoms with Crippen molar-refractivity contribution in [1.29, 1.82) is 0 Å². The van der Waals surface area contributed by atoms with E-state index in [1.54, 1.807) is 18.3 Å². The van der Waals surface area contributed by atoms with Crippen LogP contribution in [0.15, 0.2) is 35.3 Å². The number of rotatable bonds is 6. The SMILES string of the molecule is O=C(Cc1nc2n(c(=O)c1O)CCN(Cc1cn[nH]n1)C2)NCc1ccc(F)cc1. The number of carbonyl (C=O) groups is 1. The molecule has 0 saturated heterocycles. The minimum absolute atomic E-state index is 0.0335. The van der Waals surface area contributed by atoms with Gasteiger partial charge in [-0.1, -0.05) is 12.1 Å². The fourth-order valence-electron chi connectivity index (χ4n) is 3.32. The maximum Gasteiger partial charge on any atom is 0.296 e. The molecule has 1 aliphatic rings. The summed E-state index contributed by atoms with van der Waals surface area (Å²) >= 11 is 0. The Kier molecular flexibility index (Phi) is 5.53. The zero-order chi connectivity index (χ0) is 21.1. The first-order valence-electron chi connectivity index (χ1n) is 9.39. The molecule has 0 saturated carbocycles. The number of carbonyl (C=O) groups excluding carboxylic acids is 1. The summed E-state index contributed by atoms with van der Waals surface area (Å²) in [6.07, 6.45) is 1.39. The molecule has 11 heteroatoms. The van der Waals surface area contributed by atoms with Gasteiger partial charge in [0.15, 0.2) is 0 Å². The Hall–Kier alpha value is -3.60. The summed E-state index contributed by atoms with van der Waals surface area (Å²) in [6.45, 7) is 2.10. The van der Waals surface area contributed by atoms with Crippen LogP contribution in [0.1, 0.15) is 22.8 Å². The predicted octanol–water partition coefficient (Wildman–Crippen LogP) is 0.0808. The molecule has 2 aromatic heterocycles. The van der Waals surface area contributed by atoms with Gasteiger partial charge in [-0.25, -0.2) is 9.37 Å². The lowest BCUT2D eigenvalue weighted by atomic mass is 10.2. The van der Waals surface area contributed by atoms with Crippen molar-refractivity contribution >= 4 is 5.91 Å². The molecule has 1 aliphatic heterocycles. The van der Waals surface area contributed by atoms with E-state index >= 15 is 0 Å². The molecule has 0 atom stereocenters. The molecule has 3 aromatic rings.